The van der Waals surface area contributed by atoms with Crippen LogP contribution in [-0.2, 0) is 11.3 Å². The molecule has 40 heavy (non-hydrogen) atoms. The summed E-state index contributed by atoms with van der Waals surface area (Å²) in [6.07, 6.45) is 1.70. The van der Waals surface area contributed by atoms with Crippen molar-refractivity contribution < 1.29 is 24.3 Å². The first-order valence-electron chi connectivity index (χ1n) is 14.1. The Hall–Kier alpha value is -3.47. The predicted molar refractivity (Wildman–Crippen MR) is 151 cm³/mol. The number of aryl methyl sites for hydroxylation is 1. The van der Waals surface area contributed by atoms with E-state index in [0.29, 0.717) is 36.6 Å². The molecule has 0 bridgehead atoms. The second kappa shape index (κ2) is 13.3. The maximum atomic E-state index is 12.9. The van der Waals surface area contributed by atoms with E-state index >= 15 is 0 Å². The lowest BCUT2D eigenvalue weighted by Gasteiger charge is -2.30. The molecule has 3 aromatic rings. The van der Waals surface area contributed by atoms with E-state index in [9.17, 15) is 9.90 Å². The number of aromatic nitrogens is 2. The number of benzene rings is 2. The summed E-state index contributed by atoms with van der Waals surface area (Å²) in [4.78, 5) is 22.0. The van der Waals surface area contributed by atoms with E-state index in [1.54, 1.807) is 12.1 Å². The topological polar surface area (TPSA) is 124 Å². The minimum atomic E-state index is -0.914. The molecule has 10 heteroatoms. The molecular formula is C30H39N5O5. The number of piperidine rings is 1. The van der Waals surface area contributed by atoms with Crippen LogP contribution in [0.3, 0.4) is 0 Å². The zero-order valence-corrected chi connectivity index (χ0v) is 23.0. The van der Waals surface area contributed by atoms with Crippen molar-refractivity contribution in [3.8, 4) is 17.1 Å². The predicted octanol–water partition coefficient (Wildman–Crippen LogP) is 2.63. The van der Waals surface area contributed by atoms with E-state index in [1.807, 2.05) is 17.0 Å². The number of nitrogens with one attached hydrogen (secondary N) is 1. The van der Waals surface area contributed by atoms with Gasteiger partial charge in [-0.15, -0.1) is 0 Å². The SMILES string of the molecule is Cc1ccc(CN2CCC(CNC(=O)C3CCN(c4nc(-c5ccc(OCC(O)CO)cc5)no4)CC3)C2)cc1. The fourth-order valence-electron chi connectivity index (χ4n) is 5.30. The number of hydrogen-bond donors (Lipinski definition) is 3. The van der Waals surface area contributed by atoms with Gasteiger partial charge in [-0.3, -0.25) is 9.69 Å². The van der Waals surface area contributed by atoms with Crippen LogP contribution in [0.1, 0.15) is 30.4 Å². The molecule has 214 valence electrons. The van der Waals surface area contributed by atoms with Gasteiger partial charge in [0.05, 0.1) is 6.61 Å². The Morgan fingerprint density at radius 2 is 1.85 bits per heavy atom. The molecule has 5 rings (SSSR count). The van der Waals surface area contributed by atoms with Crippen LogP contribution in [-0.4, -0.2) is 83.2 Å². The number of nitrogens with zero attached hydrogens (tertiary/aromatic N) is 4. The molecule has 1 aromatic heterocycles. The van der Waals surface area contributed by atoms with Gasteiger partial charge < -0.3 is 29.7 Å². The lowest BCUT2D eigenvalue weighted by molar-refractivity contribution is -0.125. The van der Waals surface area contributed by atoms with Crippen LogP contribution < -0.4 is 15.0 Å². The fraction of sp³-hybridized carbons (Fsp3) is 0.500. The number of amides is 1. The summed E-state index contributed by atoms with van der Waals surface area (Å²) in [5.74, 6) is 1.70. The van der Waals surface area contributed by atoms with Gasteiger partial charge in [-0.25, -0.2) is 0 Å². The Kier molecular flexibility index (Phi) is 9.30. The molecular weight excluding hydrogens is 510 g/mol. The number of carbonyl (C=O) groups is 1. The molecule has 3 N–H and O–H groups in total. The van der Waals surface area contributed by atoms with E-state index < -0.39 is 6.10 Å². The van der Waals surface area contributed by atoms with Crippen LogP contribution in [0.2, 0.25) is 0 Å². The lowest BCUT2D eigenvalue weighted by Crippen LogP contribution is -2.42. The monoisotopic (exact) mass is 549 g/mol. The molecule has 0 spiro atoms. The van der Waals surface area contributed by atoms with E-state index in [1.165, 1.54) is 11.1 Å². The Morgan fingerprint density at radius 3 is 2.58 bits per heavy atom. The molecule has 2 fully saturated rings. The molecule has 0 radical (unpaired) electrons. The highest BCUT2D eigenvalue weighted by molar-refractivity contribution is 5.79. The number of carbonyl (C=O) groups excluding carboxylic acids is 1. The summed E-state index contributed by atoms with van der Waals surface area (Å²) in [6, 6.07) is 16.3. The molecule has 2 aliphatic heterocycles. The average Bonchev–Trinajstić information content (AvgIpc) is 3.66. The van der Waals surface area contributed by atoms with Crippen molar-refractivity contribution in [2.45, 2.75) is 38.8 Å². The summed E-state index contributed by atoms with van der Waals surface area (Å²) < 4.78 is 11.0. The number of aliphatic hydroxyl groups is 2. The third-order valence-electron chi connectivity index (χ3n) is 7.78. The number of likely N-dealkylation sites (tertiary alicyclic amines) is 1. The Labute approximate surface area is 234 Å². The van der Waals surface area contributed by atoms with Crippen molar-refractivity contribution in [1.29, 1.82) is 0 Å². The van der Waals surface area contributed by atoms with Gasteiger partial charge in [0.1, 0.15) is 18.5 Å². The van der Waals surface area contributed by atoms with E-state index in [0.717, 1.165) is 51.0 Å². The first-order valence-corrected chi connectivity index (χ1v) is 14.1. The molecule has 2 saturated heterocycles. The first-order chi connectivity index (χ1) is 19.5. The molecule has 2 aromatic carbocycles. The van der Waals surface area contributed by atoms with Crippen LogP contribution >= 0.6 is 0 Å². The van der Waals surface area contributed by atoms with Gasteiger partial charge >= 0.3 is 6.01 Å². The van der Waals surface area contributed by atoms with Crippen molar-refractivity contribution in [3.63, 3.8) is 0 Å². The normalized spacial score (nSPS) is 19.1. The third kappa shape index (κ3) is 7.38. The number of hydrogen-bond acceptors (Lipinski definition) is 9. The summed E-state index contributed by atoms with van der Waals surface area (Å²) in [5, 5.41) is 25.6. The second-order valence-electron chi connectivity index (χ2n) is 11.0. The zero-order chi connectivity index (χ0) is 27.9. The summed E-state index contributed by atoms with van der Waals surface area (Å²) in [5.41, 5.74) is 3.41. The molecule has 1 amide bonds. The highest BCUT2D eigenvalue weighted by Gasteiger charge is 2.29. The van der Waals surface area contributed by atoms with Crippen molar-refractivity contribution in [2.24, 2.45) is 11.8 Å². The maximum absolute atomic E-state index is 12.9. The lowest BCUT2D eigenvalue weighted by atomic mass is 9.96. The van der Waals surface area contributed by atoms with Crippen LogP contribution in [0, 0.1) is 18.8 Å². The minimum absolute atomic E-state index is 0.000558. The molecule has 3 heterocycles. The van der Waals surface area contributed by atoms with Crippen molar-refractivity contribution in [3.05, 3.63) is 59.7 Å². The average molecular weight is 550 g/mol. The van der Waals surface area contributed by atoms with Gasteiger partial charge in [0, 0.05) is 44.2 Å². The van der Waals surface area contributed by atoms with E-state index in [-0.39, 0.29) is 25.0 Å². The van der Waals surface area contributed by atoms with Gasteiger partial charge in [0.15, 0.2) is 0 Å². The smallest absolute Gasteiger partial charge is 0.324 e. The standard InChI is InChI=1S/C30H39N5O5/c1-21-2-4-22(5-3-21)17-34-13-10-23(18-34)16-31-29(38)25-11-14-35(15-12-25)30-32-28(33-40-30)24-6-8-27(9-7-24)39-20-26(37)19-36/h2-9,23,25-26,36-37H,10-20H2,1H3,(H,31,38). The van der Waals surface area contributed by atoms with E-state index in [2.05, 4.69) is 51.5 Å². The molecule has 0 aliphatic carbocycles. The van der Waals surface area contributed by atoms with Crippen molar-refractivity contribution in [1.82, 2.24) is 20.4 Å². The Bertz CT molecular complexity index is 1220. The molecule has 0 saturated carbocycles. The fourth-order valence-corrected chi connectivity index (χ4v) is 5.30. The van der Waals surface area contributed by atoms with Crippen LogP contribution in [0.25, 0.3) is 11.4 Å². The first kappa shape index (κ1) is 28.1. The van der Waals surface area contributed by atoms with Gasteiger partial charge in [0.2, 0.25) is 11.7 Å². The number of ether oxygens (including phenoxy) is 1. The molecule has 2 aliphatic rings. The number of aliphatic hydroxyl groups excluding tert-OH is 2. The number of anilines is 1. The van der Waals surface area contributed by atoms with Crippen LogP contribution in [0.4, 0.5) is 6.01 Å². The summed E-state index contributed by atoms with van der Waals surface area (Å²) in [7, 11) is 0. The van der Waals surface area contributed by atoms with Gasteiger partial charge in [-0.1, -0.05) is 35.0 Å². The van der Waals surface area contributed by atoms with Crippen LogP contribution in [0.5, 0.6) is 5.75 Å². The minimum Gasteiger partial charge on any atom is -0.491 e. The largest absolute Gasteiger partial charge is 0.491 e. The Balaban J connectivity index is 1.03. The summed E-state index contributed by atoms with van der Waals surface area (Å²) in [6.45, 7) is 6.96. The maximum Gasteiger partial charge on any atom is 0.324 e. The quantitative estimate of drug-likeness (QED) is 0.331. The molecule has 2 unspecified atom stereocenters. The van der Waals surface area contributed by atoms with Gasteiger partial charge in [-0.05, 0) is 68.5 Å². The highest BCUT2D eigenvalue weighted by atomic mass is 16.5. The van der Waals surface area contributed by atoms with Gasteiger partial charge in [0.25, 0.3) is 0 Å². The Morgan fingerprint density at radius 1 is 1.10 bits per heavy atom. The van der Waals surface area contributed by atoms with E-state index in [4.69, 9.17) is 14.4 Å². The molecule has 2 atom stereocenters. The second-order valence-corrected chi connectivity index (χ2v) is 11.0. The zero-order valence-electron chi connectivity index (χ0n) is 23.0. The van der Waals surface area contributed by atoms with Crippen molar-refractivity contribution >= 4 is 11.9 Å². The molecule has 10 nitrogen and oxygen atoms in total. The summed E-state index contributed by atoms with van der Waals surface area (Å²) >= 11 is 0. The van der Waals surface area contributed by atoms with Crippen LogP contribution in [0.15, 0.2) is 53.1 Å². The highest BCUT2D eigenvalue weighted by Crippen LogP contribution is 2.26. The van der Waals surface area contributed by atoms with Gasteiger partial charge in [-0.2, -0.15) is 4.98 Å². The number of rotatable bonds is 11. The van der Waals surface area contributed by atoms with Crippen molar-refractivity contribution in [2.75, 3.05) is 50.8 Å². The third-order valence-corrected chi connectivity index (χ3v) is 7.78.